The fourth-order valence-corrected chi connectivity index (χ4v) is 5.96. The minimum absolute atomic E-state index is 0.00674. The van der Waals surface area contributed by atoms with Crippen molar-refractivity contribution in [3.8, 4) is 17.3 Å². The maximum atomic E-state index is 13.6. The van der Waals surface area contributed by atoms with E-state index in [1.807, 2.05) is 19.1 Å². The molecule has 1 aliphatic rings. The molecule has 0 aromatic carbocycles. The highest BCUT2D eigenvalue weighted by Gasteiger charge is 2.30. The van der Waals surface area contributed by atoms with Gasteiger partial charge in [-0.1, -0.05) is 19.9 Å². The summed E-state index contributed by atoms with van der Waals surface area (Å²) in [5.74, 6) is 0.288. The molecule has 1 aliphatic heterocycles. The molecular formula is C25H30N8O4S. The molecule has 13 heteroatoms. The van der Waals surface area contributed by atoms with Gasteiger partial charge < -0.3 is 14.6 Å². The predicted octanol–water partition coefficient (Wildman–Crippen LogP) is 1.58. The second kappa shape index (κ2) is 10.6. The highest BCUT2D eigenvalue weighted by atomic mass is 32.2. The molecule has 0 spiro atoms. The number of nitrogens with zero attached hydrogens (tertiary/aromatic N) is 7. The van der Waals surface area contributed by atoms with E-state index in [2.05, 4.69) is 36.9 Å². The van der Waals surface area contributed by atoms with E-state index >= 15 is 0 Å². The number of rotatable bonds is 8. The van der Waals surface area contributed by atoms with E-state index in [0.717, 1.165) is 12.2 Å². The third kappa shape index (κ3) is 4.91. The number of ether oxygens (including phenoxy) is 1. The molecule has 200 valence electrons. The van der Waals surface area contributed by atoms with Gasteiger partial charge in [-0.3, -0.25) is 14.5 Å². The molecule has 5 heterocycles. The lowest BCUT2D eigenvalue weighted by Gasteiger charge is -2.33. The van der Waals surface area contributed by atoms with E-state index in [0.29, 0.717) is 43.8 Å². The third-order valence-electron chi connectivity index (χ3n) is 6.72. The zero-order valence-corrected chi connectivity index (χ0v) is 22.4. The lowest BCUT2D eigenvalue weighted by molar-refractivity contribution is 0.196. The summed E-state index contributed by atoms with van der Waals surface area (Å²) in [6.07, 6.45) is 3.56. The number of fused-ring (bicyclic) bond motifs is 1. The molecule has 0 aliphatic carbocycles. The number of hydrogen-bond acceptors (Lipinski definition) is 9. The Hall–Kier alpha value is -3.68. The monoisotopic (exact) mass is 538 g/mol. The minimum Gasteiger partial charge on any atom is -0.471 e. The molecular weight excluding hydrogens is 508 g/mol. The summed E-state index contributed by atoms with van der Waals surface area (Å²) in [7, 11) is -2.07. The molecule has 4 aromatic heterocycles. The molecule has 5 rings (SSSR count). The maximum Gasteiger partial charge on any atom is 0.279 e. The average Bonchev–Trinajstić information content (AvgIpc) is 3.27. The van der Waals surface area contributed by atoms with Crippen LogP contribution in [-0.2, 0) is 30.1 Å². The van der Waals surface area contributed by atoms with Crippen LogP contribution in [0.2, 0.25) is 0 Å². The summed E-state index contributed by atoms with van der Waals surface area (Å²) in [6, 6.07) is 6.92. The van der Waals surface area contributed by atoms with Gasteiger partial charge in [0.25, 0.3) is 5.56 Å². The highest BCUT2D eigenvalue weighted by molar-refractivity contribution is 7.89. The Morgan fingerprint density at radius 3 is 2.55 bits per heavy atom. The second-order valence-electron chi connectivity index (χ2n) is 9.01. The van der Waals surface area contributed by atoms with Gasteiger partial charge in [0.1, 0.15) is 22.8 Å². The quantitative estimate of drug-likeness (QED) is 0.354. The molecule has 0 bridgehead atoms. The van der Waals surface area contributed by atoms with Crippen LogP contribution in [0.1, 0.15) is 25.2 Å². The molecule has 38 heavy (non-hydrogen) atoms. The Bertz CT molecular complexity index is 1610. The van der Waals surface area contributed by atoms with E-state index in [1.165, 1.54) is 16.6 Å². The molecule has 4 aromatic rings. The zero-order valence-electron chi connectivity index (χ0n) is 21.6. The van der Waals surface area contributed by atoms with Crippen LogP contribution in [0.3, 0.4) is 0 Å². The first-order chi connectivity index (χ1) is 18.3. The van der Waals surface area contributed by atoms with Crippen LogP contribution in [0.4, 0.5) is 0 Å². The van der Waals surface area contributed by atoms with Gasteiger partial charge in [0.05, 0.1) is 23.1 Å². The number of aryl methyl sites for hydroxylation is 2. The number of aromatic amines is 1. The lowest BCUT2D eigenvalue weighted by atomic mass is 10.2. The van der Waals surface area contributed by atoms with Crippen molar-refractivity contribution in [1.82, 2.24) is 38.9 Å². The van der Waals surface area contributed by atoms with Gasteiger partial charge in [0, 0.05) is 39.4 Å². The van der Waals surface area contributed by atoms with Crippen LogP contribution in [-0.4, -0.2) is 80.1 Å². The summed E-state index contributed by atoms with van der Waals surface area (Å²) in [5, 5.41) is 4.30. The van der Waals surface area contributed by atoms with Crippen LogP contribution in [0, 0.1) is 0 Å². The van der Waals surface area contributed by atoms with Gasteiger partial charge in [-0.25, -0.2) is 18.4 Å². The van der Waals surface area contributed by atoms with Crippen molar-refractivity contribution in [3.63, 3.8) is 0 Å². The number of piperazine rings is 1. The number of nitrogens with one attached hydrogen (secondary N) is 1. The molecule has 0 radical (unpaired) electrons. The zero-order chi connectivity index (χ0) is 26.9. The van der Waals surface area contributed by atoms with Crippen LogP contribution in [0.15, 0.2) is 46.3 Å². The average molecular weight is 539 g/mol. The van der Waals surface area contributed by atoms with Gasteiger partial charge in [-0.05, 0) is 31.2 Å². The molecule has 1 saturated heterocycles. The van der Waals surface area contributed by atoms with Crippen molar-refractivity contribution in [2.45, 2.75) is 31.8 Å². The summed E-state index contributed by atoms with van der Waals surface area (Å²) in [6.45, 7) is 7.08. The van der Waals surface area contributed by atoms with Gasteiger partial charge in [-0.2, -0.15) is 9.40 Å². The smallest absolute Gasteiger partial charge is 0.279 e. The van der Waals surface area contributed by atoms with E-state index < -0.39 is 15.6 Å². The fraction of sp³-hybridized carbons (Fsp3) is 0.400. The maximum absolute atomic E-state index is 13.6. The van der Waals surface area contributed by atoms with Gasteiger partial charge in [0.2, 0.25) is 15.9 Å². The Morgan fingerprint density at radius 2 is 1.87 bits per heavy atom. The van der Waals surface area contributed by atoms with Crippen LogP contribution < -0.4 is 10.3 Å². The predicted molar refractivity (Wildman–Crippen MR) is 141 cm³/mol. The van der Waals surface area contributed by atoms with Crippen molar-refractivity contribution in [3.05, 3.63) is 58.4 Å². The Morgan fingerprint density at radius 1 is 1.08 bits per heavy atom. The first kappa shape index (κ1) is 25.9. The summed E-state index contributed by atoms with van der Waals surface area (Å²) < 4.78 is 36.2. The van der Waals surface area contributed by atoms with Crippen molar-refractivity contribution < 1.29 is 13.2 Å². The number of pyridine rings is 2. The topological polar surface area (TPSA) is 139 Å². The van der Waals surface area contributed by atoms with Crippen LogP contribution in [0.5, 0.6) is 5.88 Å². The largest absolute Gasteiger partial charge is 0.471 e. The standard InChI is InChI=1S/C25H30N8O4S/c1-4-20-21-22(30-31(20)3)24(34)29-23(28-21)19-14-18(38(35,36)33-12-10-32(5-2)11-13-33)15-27-25(19)37-16-17-8-6-7-9-26-17/h6-9,14-15H,4-5,10-13,16H2,1-3H3,(H,28,29,34). The molecule has 0 atom stereocenters. The Labute approximate surface area is 220 Å². The SMILES string of the molecule is CCc1c2nc(-c3cc(S(=O)(=O)N4CCN(CC)CC4)cnc3OCc3ccccn3)[nH]c(=O)c2nn1C. The van der Waals surface area contributed by atoms with Crippen molar-refractivity contribution in [1.29, 1.82) is 0 Å². The van der Waals surface area contributed by atoms with E-state index in [4.69, 9.17) is 4.74 Å². The van der Waals surface area contributed by atoms with E-state index in [9.17, 15) is 13.2 Å². The number of aromatic nitrogens is 6. The van der Waals surface area contributed by atoms with Gasteiger partial charge in [0.15, 0.2) is 5.52 Å². The molecule has 1 N–H and O–H groups in total. The first-order valence-electron chi connectivity index (χ1n) is 12.5. The molecule has 0 amide bonds. The third-order valence-corrected chi connectivity index (χ3v) is 8.59. The normalized spacial score (nSPS) is 15.2. The van der Waals surface area contributed by atoms with Gasteiger partial charge >= 0.3 is 0 Å². The van der Waals surface area contributed by atoms with Crippen molar-refractivity contribution in [2.75, 3.05) is 32.7 Å². The molecule has 1 fully saturated rings. The van der Waals surface area contributed by atoms with E-state index in [1.54, 1.807) is 24.0 Å². The number of H-pyrrole nitrogens is 1. The van der Waals surface area contributed by atoms with Crippen molar-refractivity contribution in [2.24, 2.45) is 7.05 Å². The minimum atomic E-state index is -3.83. The fourth-order valence-electron chi connectivity index (χ4n) is 4.57. The Kier molecular flexibility index (Phi) is 7.23. The van der Waals surface area contributed by atoms with Crippen molar-refractivity contribution >= 4 is 21.1 Å². The molecule has 12 nitrogen and oxygen atoms in total. The summed E-state index contributed by atoms with van der Waals surface area (Å²) in [4.78, 5) is 31.2. The summed E-state index contributed by atoms with van der Waals surface area (Å²) >= 11 is 0. The highest BCUT2D eigenvalue weighted by Crippen LogP contribution is 2.30. The van der Waals surface area contributed by atoms with Gasteiger partial charge in [-0.15, -0.1) is 0 Å². The second-order valence-corrected chi connectivity index (χ2v) is 10.9. The van der Waals surface area contributed by atoms with Crippen LogP contribution in [0.25, 0.3) is 22.4 Å². The lowest BCUT2D eigenvalue weighted by Crippen LogP contribution is -2.48. The number of sulfonamides is 1. The molecule has 0 saturated carbocycles. The molecule has 0 unspecified atom stereocenters. The Balaban J connectivity index is 1.59. The summed E-state index contributed by atoms with van der Waals surface area (Å²) in [5.41, 5.74) is 1.96. The number of likely N-dealkylation sites (N-methyl/N-ethyl adjacent to an activating group) is 1. The first-order valence-corrected chi connectivity index (χ1v) is 14.0. The van der Waals surface area contributed by atoms with E-state index in [-0.39, 0.29) is 34.3 Å². The van der Waals surface area contributed by atoms with Crippen LogP contribution >= 0.6 is 0 Å². The number of hydrogen-bond donors (Lipinski definition) is 1.